The second-order valence-electron chi connectivity index (χ2n) is 20.9. The molecule has 0 unspecified atom stereocenters. The van der Waals surface area contributed by atoms with Crippen LogP contribution in [0.4, 0.5) is 0 Å². The average molecular weight is 1110 g/mol. The van der Waals surface area contributed by atoms with Gasteiger partial charge in [0.25, 0.3) is 0 Å². The fourth-order valence-electron chi connectivity index (χ4n) is 10.5. The van der Waals surface area contributed by atoms with Gasteiger partial charge in [-0.25, -0.2) is 0 Å². The van der Waals surface area contributed by atoms with Gasteiger partial charge >= 0.3 is 0 Å². The average Bonchev–Trinajstić information content (AvgIpc) is 3.90. The molecule has 426 valence electrons. The Morgan fingerprint density at radius 2 is 1.43 bits per heavy atom. The Balaban J connectivity index is 1.52. The van der Waals surface area contributed by atoms with Gasteiger partial charge in [0.2, 0.25) is 59.1 Å². The van der Waals surface area contributed by atoms with Crippen molar-refractivity contribution in [2.24, 2.45) is 39.8 Å². The first kappa shape index (κ1) is 61.7. The number of benzene rings is 1. The monoisotopic (exact) mass is 1110 g/mol. The van der Waals surface area contributed by atoms with Crippen molar-refractivity contribution >= 4 is 86.6 Å². The normalized spacial score (nSPS) is 25.1. The maximum atomic E-state index is 15.0. The van der Waals surface area contributed by atoms with Gasteiger partial charge in [0.05, 0.1) is 13.0 Å². The van der Waals surface area contributed by atoms with Crippen molar-refractivity contribution in [2.75, 3.05) is 25.4 Å². The summed E-state index contributed by atoms with van der Waals surface area (Å²) in [5, 5.41) is 19.4. The summed E-state index contributed by atoms with van der Waals surface area (Å²) in [5.41, 5.74) is 22.6. The number of amides is 10. The molecule has 25 heteroatoms. The number of carbonyl (C=O) groups is 10. The molecule has 15 N–H and O–H groups in total. The summed E-state index contributed by atoms with van der Waals surface area (Å²) in [6.45, 7) is 3.48. The zero-order valence-electron chi connectivity index (χ0n) is 44.4. The van der Waals surface area contributed by atoms with Crippen molar-refractivity contribution in [3.8, 4) is 0 Å². The predicted octanol–water partition coefficient (Wildman–Crippen LogP) is 0.164. The molecule has 2 heterocycles. The number of nitrogens with zero attached hydrogens (tertiary/aromatic N) is 2. The van der Waals surface area contributed by atoms with Crippen LogP contribution in [0.5, 0.6) is 0 Å². The fourth-order valence-corrected chi connectivity index (χ4v) is 13.8. The molecule has 1 aromatic rings. The van der Waals surface area contributed by atoms with Gasteiger partial charge < -0.3 is 65.1 Å². The summed E-state index contributed by atoms with van der Waals surface area (Å²) in [5.74, 6) is -7.71. The summed E-state index contributed by atoms with van der Waals surface area (Å²) in [7, 11) is 2.65. The molecule has 10 amide bonds. The largest absolute Gasteiger partial charge is 0.370 e. The highest BCUT2D eigenvalue weighted by molar-refractivity contribution is 8.77. The van der Waals surface area contributed by atoms with Gasteiger partial charge in [-0.2, -0.15) is 0 Å². The number of primary amides is 2. The topological polar surface area (TPSA) is 375 Å². The highest BCUT2D eigenvalue weighted by atomic mass is 33.1. The summed E-state index contributed by atoms with van der Waals surface area (Å²) >= 11 is 0. The van der Waals surface area contributed by atoms with E-state index in [4.69, 9.17) is 22.9 Å². The third kappa shape index (κ3) is 19.7. The second kappa shape index (κ2) is 30.7. The Bertz CT molecular complexity index is 2260. The maximum absolute atomic E-state index is 15.0. The quantitative estimate of drug-likeness (QED) is 0.0404. The number of aliphatic imine (C=N–C) groups is 1. The van der Waals surface area contributed by atoms with Crippen molar-refractivity contribution in [1.29, 1.82) is 0 Å². The van der Waals surface area contributed by atoms with Crippen molar-refractivity contribution < 1.29 is 47.9 Å². The van der Waals surface area contributed by atoms with Crippen LogP contribution in [0.1, 0.15) is 135 Å². The SMILES string of the molecule is CC[C@H](C)[C@@H]1NC(=O)CC2(CCCCC2)SSC[C@@H](C(=O)N2CCC[C@@H]2C(=O)N[C@@H](CCCN=C(N)N)C(=O)NCC(N)=O)NC(=O)[C@H](CC(N)=O)NC(=O)[C@H](CC2CCCCC2)NC(=O)[C@@H](Cc2ccccc2)NC1=O. The minimum Gasteiger partial charge on any atom is -0.370 e. The van der Waals surface area contributed by atoms with Crippen molar-refractivity contribution in [3.05, 3.63) is 35.9 Å². The molecule has 77 heavy (non-hydrogen) atoms. The van der Waals surface area contributed by atoms with Crippen molar-refractivity contribution in [1.82, 2.24) is 42.1 Å². The van der Waals surface area contributed by atoms with E-state index in [1.165, 1.54) is 26.5 Å². The van der Waals surface area contributed by atoms with Crippen molar-refractivity contribution in [2.45, 2.75) is 183 Å². The zero-order chi connectivity index (χ0) is 56.1. The van der Waals surface area contributed by atoms with Crippen molar-refractivity contribution in [3.63, 3.8) is 0 Å². The van der Waals surface area contributed by atoms with Crippen LogP contribution in [-0.4, -0.2) is 142 Å². The van der Waals surface area contributed by atoms with Crippen LogP contribution in [0.25, 0.3) is 0 Å². The van der Waals surface area contributed by atoms with E-state index < -0.39 is 113 Å². The summed E-state index contributed by atoms with van der Waals surface area (Å²) in [6, 6.07) is 0.310. The van der Waals surface area contributed by atoms with E-state index in [1.807, 2.05) is 32.0 Å². The molecule has 1 aromatic carbocycles. The van der Waals surface area contributed by atoms with E-state index in [-0.39, 0.29) is 81.1 Å². The molecule has 0 aromatic heterocycles. The van der Waals surface area contributed by atoms with Crippen LogP contribution in [0.2, 0.25) is 0 Å². The highest BCUT2D eigenvalue weighted by Crippen LogP contribution is 2.48. The standard InChI is InChI=1S/C52H81N13O10S2/c1-3-31(2)43-49(74)62-36(26-33-17-9-5-10-18-33)46(71)60-35(25-32-15-7-4-8-16-32)45(70)61-37(27-40(53)66)47(72)63-38(30-76-77-52(28-42(68)64-43)21-11-6-12-22-52)50(75)65-24-14-20-39(65)48(73)59-34(19-13-23-57-51(55)56)44(69)58-29-41(54)67/h5,9-10,17-18,31-32,34-39,43H,3-4,6-8,11-16,19-30H2,1-2H3,(H2,53,66)(H2,54,67)(H,58,69)(H,59,73)(H,60,71)(H,61,70)(H,62,74)(H,63,72)(H,64,68)(H4,55,56,57)/t31-,34-,35-,36+,37-,38-,39+,43-/m0/s1. The Morgan fingerprint density at radius 1 is 0.779 bits per heavy atom. The third-order valence-electron chi connectivity index (χ3n) is 14.9. The zero-order valence-corrected chi connectivity index (χ0v) is 46.1. The van der Waals surface area contributed by atoms with Gasteiger partial charge in [0.15, 0.2) is 5.96 Å². The highest BCUT2D eigenvalue weighted by Gasteiger charge is 2.43. The molecule has 2 aliphatic carbocycles. The lowest BCUT2D eigenvalue weighted by atomic mass is 9.84. The first-order chi connectivity index (χ1) is 36.8. The van der Waals surface area contributed by atoms with Crippen LogP contribution in [0.15, 0.2) is 35.3 Å². The summed E-state index contributed by atoms with van der Waals surface area (Å²) in [4.78, 5) is 145. The molecule has 5 rings (SSSR count). The van der Waals surface area contributed by atoms with E-state index in [1.54, 1.807) is 12.1 Å². The molecular formula is C52H81N13O10S2. The first-order valence-electron chi connectivity index (χ1n) is 27.1. The third-order valence-corrected chi connectivity index (χ3v) is 18.2. The lowest BCUT2D eigenvalue weighted by Gasteiger charge is -2.37. The van der Waals surface area contributed by atoms with Crippen LogP contribution >= 0.6 is 21.6 Å². The van der Waals surface area contributed by atoms with E-state index in [2.05, 4.69) is 42.2 Å². The molecule has 2 aliphatic heterocycles. The Hall–Kier alpha value is -6.11. The number of likely N-dealkylation sites (tertiary alicyclic amines) is 1. The van der Waals surface area contributed by atoms with Crippen LogP contribution in [0.3, 0.4) is 0 Å². The molecule has 2 saturated heterocycles. The van der Waals surface area contributed by atoms with E-state index in [0.717, 1.165) is 56.9 Å². The molecule has 8 atom stereocenters. The molecule has 1 spiro atoms. The molecule has 2 saturated carbocycles. The number of rotatable bonds is 18. The number of nitrogens with one attached hydrogen (secondary N) is 7. The molecule has 4 fully saturated rings. The molecule has 23 nitrogen and oxygen atoms in total. The van der Waals surface area contributed by atoms with Gasteiger partial charge in [0, 0.05) is 36.4 Å². The lowest BCUT2D eigenvalue weighted by molar-refractivity contribution is -0.142. The van der Waals surface area contributed by atoms with Gasteiger partial charge in [-0.3, -0.25) is 52.9 Å². The predicted molar refractivity (Wildman–Crippen MR) is 294 cm³/mol. The minimum atomic E-state index is -1.62. The van der Waals surface area contributed by atoms with Crippen LogP contribution < -0.4 is 60.2 Å². The number of guanidine groups is 1. The smallest absolute Gasteiger partial charge is 0.246 e. The number of hydrogen-bond acceptors (Lipinski definition) is 13. The number of hydrogen-bond donors (Lipinski definition) is 11. The number of nitrogens with two attached hydrogens (primary N) is 4. The van der Waals surface area contributed by atoms with Crippen LogP contribution in [-0.2, 0) is 54.4 Å². The maximum Gasteiger partial charge on any atom is 0.246 e. The Kier molecular flexibility index (Phi) is 24.6. The summed E-state index contributed by atoms with van der Waals surface area (Å²) in [6.07, 6.45) is 9.18. The van der Waals surface area contributed by atoms with E-state index in [9.17, 15) is 47.9 Å². The first-order valence-corrected chi connectivity index (χ1v) is 29.5. The fraction of sp³-hybridized carbons (Fsp3) is 0.673. The van der Waals surface area contributed by atoms with Gasteiger partial charge in [-0.1, -0.05) is 124 Å². The number of carbonyl (C=O) groups excluding carboxylic acids is 10. The van der Waals surface area contributed by atoms with Gasteiger partial charge in [-0.05, 0) is 62.3 Å². The van der Waals surface area contributed by atoms with Gasteiger partial charge in [0.1, 0.15) is 42.3 Å². The molecule has 4 aliphatic rings. The lowest BCUT2D eigenvalue weighted by Crippen LogP contribution is -2.61. The van der Waals surface area contributed by atoms with E-state index >= 15 is 0 Å². The summed E-state index contributed by atoms with van der Waals surface area (Å²) < 4.78 is -0.658. The van der Waals surface area contributed by atoms with Crippen LogP contribution in [0, 0.1) is 11.8 Å². The Morgan fingerprint density at radius 3 is 2.09 bits per heavy atom. The van der Waals surface area contributed by atoms with Gasteiger partial charge in [-0.15, -0.1) is 0 Å². The molecule has 0 bridgehead atoms. The molecule has 0 radical (unpaired) electrons. The molecular weight excluding hydrogens is 1030 g/mol. The minimum absolute atomic E-state index is 0.0139. The Labute approximate surface area is 458 Å². The van der Waals surface area contributed by atoms with E-state index in [0.29, 0.717) is 25.7 Å². The second-order valence-corrected chi connectivity index (χ2v) is 23.8.